The fourth-order valence-corrected chi connectivity index (χ4v) is 2.24. The molecule has 2 N–H and O–H groups in total. The lowest BCUT2D eigenvalue weighted by molar-refractivity contribution is 0.131. The van der Waals surface area contributed by atoms with Gasteiger partial charge in [-0.1, -0.05) is 12.1 Å². The summed E-state index contributed by atoms with van der Waals surface area (Å²) in [6.07, 6.45) is 2.67. The first-order chi connectivity index (χ1) is 7.99. The zero-order valence-corrected chi connectivity index (χ0v) is 11.1. The Morgan fingerprint density at radius 2 is 1.82 bits per heavy atom. The molecule has 1 aromatic rings. The molecule has 1 fully saturated rings. The Labute approximate surface area is 104 Å². The first-order valence-corrected chi connectivity index (χ1v) is 6.48. The molecule has 0 aromatic heterocycles. The van der Waals surface area contributed by atoms with Crippen molar-refractivity contribution in [3.05, 3.63) is 29.8 Å². The van der Waals surface area contributed by atoms with Crippen LogP contribution in [0.1, 0.15) is 45.1 Å². The molecule has 2 rings (SSSR count). The molecule has 94 valence electrons. The molecule has 0 heterocycles. The maximum Gasteiger partial charge on any atom is 0.120 e. The van der Waals surface area contributed by atoms with E-state index in [9.17, 15) is 0 Å². The van der Waals surface area contributed by atoms with Crippen LogP contribution in [0, 0.1) is 5.92 Å². The summed E-state index contributed by atoms with van der Waals surface area (Å²) in [6, 6.07) is 8.45. The maximum atomic E-state index is 5.85. The summed E-state index contributed by atoms with van der Waals surface area (Å²) in [4.78, 5) is 0. The van der Waals surface area contributed by atoms with Gasteiger partial charge in [-0.2, -0.15) is 0 Å². The highest BCUT2D eigenvalue weighted by molar-refractivity contribution is 5.31. The van der Waals surface area contributed by atoms with Crippen molar-refractivity contribution in [2.75, 3.05) is 6.54 Å². The first-order valence-electron chi connectivity index (χ1n) is 6.48. The molecule has 1 aromatic carbocycles. The van der Waals surface area contributed by atoms with Gasteiger partial charge in [0, 0.05) is 0 Å². The van der Waals surface area contributed by atoms with Crippen molar-refractivity contribution < 1.29 is 4.74 Å². The van der Waals surface area contributed by atoms with E-state index in [0.717, 1.165) is 18.2 Å². The lowest BCUT2D eigenvalue weighted by atomic mass is 9.94. The van der Waals surface area contributed by atoms with Gasteiger partial charge in [0.1, 0.15) is 11.4 Å². The number of benzene rings is 1. The molecular formula is C15H23NO. The van der Waals surface area contributed by atoms with Crippen molar-refractivity contribution in [3.8, 4) is 5.75 Å². The Morgan fingerprint density at radius 3 is 2.24 bits per heavy atom. The smallest absolute Gasteiger partial charge is 0.120 e. The van der Waals surface area contributed by atoms with Gasteiger partial charge < -0.3 is 10.5 Å². The van der Waals surface area contributed by atoms with E-state index in [1.807, 2.05) is 0 Å². The molecule has 1 atom stereocenters. The van der Waals surface area contributed by atoms with Crippen LogP contribution < -0.4 is 10.5 Å². The molecule has 17 heavy (non-hydrogen) atoms. The van der Waals surface area contributed by atoms with Gasteiger partial charge in [-0.25, -0.2) is 0 Å². The summed E-state index contributed by atoms with van der Waals surface area (Å²) in [5.41, 5.74) is 7.08. The van der Waals surface area contributed by atoms with Crippen molar-refractivity contribution in [2.45, 2.75) is 45.1 Å². The van der Waals surface area contributed by atoms with Crippen molar-refractivity contribution in [3.63, 3.8) is 0 Å². The van der Waals surface area contributed by atoms with Gasteiger partial charge in [-0.05, 0) is 69.7 Å². The minimum atomic E-state index is -0.134. The zero-order valence-electron chi connectivity index (χ0n) is 11.1. The van der Waals surface area contributed by atoms with Crippen LogP contribution in [-0.4, -0.2) is 12.1 Å². The molecular weight excluding hydrogens is 210 g/mol. The van der Waals surface area contributed by atoms with Crippen LogP contribution in [-0.2, 0) is 0 Å². The third-order valence-electron chi connectivity index (χ3n) is 3.18. The maximum absolute atomic E-state index is 5.85. The van der Waals surface area contributed by atoms with Gasteiger partial charge in [-0.3, -0.25) is 0 Å². The highest BCUT2D eigenvalue weighted by Gasteiger charge is 2.31. The van der Waals surface area contributed by atoms with Crippen LogP contribution in [0.25, 0.3) is 0 Å². The summed E-state index contributed by atoms with van der Waals surface area (Å²) in [5.74, 6) is 2.29. The molecule has 2 heteroatoms. The normalized spacial score (nSPS) is 17.9. The van der Waals surface area contributed by atoms with Crippen LogP contribution in [0.3, 0.4) is 0 Å². The predicted octanol–water partition coefficient (Wildman–Crippen LogP) is 3.32. The summed E-state index contributed by atoms with van der Waals surface area (Å²) < 4.78 is 5.81. The molecule has 0 radical (unpaired) electrons. The second-order valence-electron chi connectivity index (χ2n) is 5.96. The Balaban J connectivity index is 2.06. The van der Waals surface area contributed by atoms with E-state index in [-0.39, 0.29) is 5.60 Å². The third-order valence-corrected chi connectivity index (χ3v) is 3.18. The Kier molecular flexibility index (Phi) is 3.43. The van der Waals surface area contributed by atoms with Gasteiger partial charge in [0.25, 0.3) is 0 Å². The Morgan fingerprint density at radius 1 is 1.24 bits per heavy atom. The molecule has 1 aliphatic carbocycles. The molecule has 1 saturated carbocycles. The highest BCUT2D eigenvalue weighted by Crippen LogP contribution is 2.42. The molecule has 1 unspecified atom stereocenters. The summed E-state index contributed by atoms with van der Waals surface area (Å²) in [7, 11) is 0. The Hall–Kier alpha value is -1.02. The molecule has 1 aliphatic rings. The number of hydrogen-bond acceptors (Lipinski definition) is 2. The molecule has 0 bridgehead atoms. The number of ether oxygens (including phenoxy) is 1. The van der Waals surface area contributed by atoms with Crippen molar-refractivity contribution >= 4 is 0 Å². The van der Waals surface area contributed by atoms with Crippen LogP contribution in [0.2, 0.25) is 0 Å². The molecule has 0 saturated heterocycles. The van der Waals surface area contributed by atoms with Crippen LogP contribution in [0.15, 0.2) is 24.3 Å². The number of nitrogens with two attached hydrogens (primary N) is 1. The molecule has 0 aliphatic heterocycles. The standard InChI is InChI=1S/C15H23NO/c1-15(2,3)17-13-8-6-12(7-9-13)14(10-16)11-4-5-11/h6-9,11,14H,4-5,10,16H2,1-3H3. The monoisotopic (exact) mass is 233 g/mol. The summed E-state index contributed by atoms with van der Waals surface area (Å²) in [5, 5.41) is 0. The van der Waals surface area contributed by atoms with Gasteiger partial charge in [0.2, 0.25) is 0 Å². The van der Waals surface area contributed by atoms with E-state index in [4.69, 9.17) is 10.5 Å². The lowest BCUT2D eigenvalue weighted by Crippen LogP contribution is -2.23. The molecule has 2 nitrogen and oxygen atoms in total. The minimum Gasteiger partial charge on any atom is -0.488 e. The second-order valence-corrected chi connectivity index (χ2v) is 5.96. The molecule has 0 spiro atoms. The average Bonchev–Trinajstić information content (AvgIpc) is 3.04. The van der Waals surface area contributed by atoms with E-state index in [1.165, 1.54) is 18.4 Å². The summed E-state index contributed by atoms with van der Waals surface area (Å²) in [6.45, 7) is 6.94. The van der Waals surface area contributed by atoms with E-state index in [2.05, 4.69) is 45.0 Å². The third kappa shape index (κ3) is 3.47. The second kappa shape index (κ2) is 4.69. The largest absolute Gasteiger partial charge is 0.488 e. The van der Waals surface area contributed by atoms with Crippen LogP contribution in [0.4, 0.5) is 0 Å². The molecule has 0 amide bonds. The van der Waals surface area contributed by atoms with Gasteiger partial charge in [0.05, 0.1) is 0 Å². The topological polar surface area (TPSA) is 35.2 Å². The lowest BCUT2D eigenvalue weighted by Gasteiger charge is -2.22. The fraction of sp³-hybridized carbons (Fsp3) is 0.600. The van der Waals surface area contributed by atoms with E-state index < -0.39 is 0 Å². The van der Waals surface area contributed by atoms with Crippen molar-refractivity contribution in [1.82, 2.24) is 0 Å². The predicted molar refractivity (Wildman–Crippen MR) is 71.3 cm³/mol. The Bertz CT molecular complexity index is 360. The number of hydrogen-bond donors (Lipinski definition) is 1. The van der Waals surface area contributed by atoms with E-state index in [1.54, 1.807) is 0 Å². The van der Waals surface area contributed by atoms with Gasteiger partial charge in [-0.15, -0.1) is 0 Å². The average molecular weight is 233 g/mol. The van der Waals surface area contributed by atoms with E-state index in [0.29, 0.717) is 5.92 Å². The first kappa shape index (κ1) is 12.4. The summed E-state index contributed by atoms with van der Waals surface area (Å²) >= 11 is 0. The zero-order chi connectivity index (χ0) is 12.5. The highest BCUT2D eigenvalue weighted by atomic mass is 16.5. The van der Waals surface area contributed by atoms with Crippen molar-refractivity contribution in [1.29, 1.82) is 0 Å². The minimum absolute atomic E-state index is 0.134. The number of rotatable bonds is 4. The van der Waals surface area contributed by atoms with Crippen LogP contribution in [0.5, 0.6) is 5.75 Å². The fourth-order valence-electron chi connectivity index (χ4n) is 2.24. The van der Waals surface area contributed by atoms with Crippen molar-refractivity contribution in [2.24, 2.45) is 11.7 Å². The van der Waals surface area contributed by atoms with Gasteiger partial charge >= 0.3 is 0 Å². The SMILES string of the molecule is CC(C)(C)Oc1ccc(C(CN)C2CC2)cc1. The van der Waals surface area contributed by atoms with Crippen LogP contribution >= 0.6 is 0 Å². The van der Waals surface area contributed by atoms with Gasteiger partial charge in [0.15, 0.2) is 0 Å². The quantitative estimate of drug-likeness (QED) is 0.866. The van der Waals surface area contributed by atoms with E-state index >= 15 is 0 Å².